The number of benzene rings is 1. The number of aromatic nitrogens is 1. The highest BCUT2D eigenvalue weighted by atomic mass is 32.1. The molecule has 1 saturated carbocycles. The Kier molecular flexibility index (Phi) is 5.12. The fraction of sp³-hybridized carbons (Fsp3) is 0.412. The first-order valence-corrected chi connectivity index (χ1v) is 8.89. The van der Waals surface area contributed by atoms with E-state index in [4.69, 9.17) is 4.74 Å². The Hall–Kier alpha value is -2.08. The summed E-state index contributed by atoms with van der Waals surface area (Å²) in [6.45, 7) is 2.61. The second-order valence-corrected chi connectivity index (χ2v) is 6.43. The third-order valence-corrected chi connectivity index (χ3v) is 4.63. The van der Waals surface area contributed by atoms with Crippen molar-refractivity contribution in [1.29, 1.82) is 0 Å². The molecule has 2 N–H and O–H groups in total. The summed E-state index contributed by atoms with van der Waals surface area (Å²) in [6.07, 6.45) is 4.54. The van der Waals surface area contributed by atoms with Crippen molar-refractivity contribution in [2.75, 3.05) is 11.9 Å². The minimum Gasteiger partial charge on any atom is -0.494 e. The zero-order valence-electron chi connectivity index (χ0n) is 13.2. The van der Waals surface area contributed by atoms with Gasteiger partial charge in [0, 0.05) is 17.0 Å². The van der Waals surface area contributed by atoms with Crippen molar-refractivity contribution in [2.45, 2.75) is 38.6 Å². The third-order valence-electron chi connectivity index (χ3n) is 3.88. The highest BCUT2D eigenvalue weighted by Crippen LogP contribution is 2.26. The molecule has 0 aliphatic heterocycles. The molecule has 0 bridgehead atoms. The fourth-order valence-corrected chi connectivity index (χ4v) is 3.46. The van der Waals surface area contributed by atoms with Crippen LogP contribution in [0.2, 0.25) is 0 Å². The molecule has 1 heterocycles. The van der Waals surface area contributed by atoms with E-state index in [-0.39, 0.29) is 6.03 Å². The second kappa shape index (κ2) is 7.46. The molecule has 0 radical (unpaired) electrons. The number of hydrogen-bond acceptors (Lipinski definition) is 4. The number of carbonyl (C=O) groups excluding carboxylic acids is 1. The Bertz CT molecular complexity index is 648. The fourth-order valence-electron chi connectivity index (χ4n) is 2.74. The second-order valence-electron chi connectivity index (χ2n) is 5.58. The van der Waals surface area contributed by atoms with E-state index in [1.165, 1.54) is 24.2 Å². The summed E-state index contributed by atoms with van der Waals surface area (Å²) in [5, 5.41) is 8.38. The van der Waals surface area contributed by atoms with Crippen molar-refractivity contribution in [3.8, 4) is 17.0 Å². The quantitative estimate of drug-likeness (QED) is 0.860. The lowest BCUT2D eigenvalue weighted by Gasteiger charge is -2.11. The molecule has 6 heteroatoms. The van der Waals surface area contributed by atoms with E-state index in [1.807, 2.05) is 36.6 Å². The smallest absolute Gasteiger partial charge is 0.321 e. The Morgan fingerprint density at radius 3 is 2.74 bits per heavy atom. The summed E-state index contributed by atoms with van der Waals surface area (Å²) in [5.41, 5.74) is 1.86. The van der Waals surface area contributed by atoms with Gasteiger partial charge < -0.3 is 10.1 Å². The summed E-state index contributed by atoms with van der Waals surface area (Å²) in [6, 6.07) is 7.95. The monoisotopic (exact) mass is 331 g/mol. The summed E-state index contributed by atoms with van der Waals surface area (Å²) >= 11 is 1.43. The molecule has 1 fully saturated rings. The van der Waals surface area contributed by atoms with E-state index in [1.54, 1.807) is 0 Å². The standard InChI is InChI=1S/C17H21N3O2S/c1-2-22-14-9-7-12(8-10-14)15-11-23-17(19-15)20-16(21)18-13-5-3-4-6-13/h7-11,13H,2-6H2,1H3,(H2,18,19,20,21). The third kappa shape index (κ3) is 4.22. The van der Waals surface area contributed by atoms with E-state index in [0.717, 1.165) is 29.8 Å². The minimum atomic E-state index is -0.163. The zero-order valence-corrected chi connectivity index (χ0v) is 14.0. The first kappa shape index (κ1) is 15.8. The van der Waals surface area contributed by atoms with Gasteiger partial charge in [-0.2, -0.15) is 0 Å². The summed E-state index contributed by atoms with van der Waals surface area (Å²) < 4.78 is 5.43. The van der Waals surface area contributed by atoms with E-state index >= 15 is 0 Å². The lowest BCUT2D eigenvalue weighted by atomic mass is 10.2. The van der Waals surface area contributed by atoms with Gasteiger partial charge in [-0.05, 0) is 44.0 Å². The Labute approximate surface area is 140 Å². The van der Waals surface area contributed by atoms with Crippen molar-refractivity contribution in [3.05, 3.63) is 29.6 Å². The van der Waals surface area contributed by atoms with Crippen LogP contribution in [0.15, 0.2) is 29.6 Å². The van der Waals surface area contributed by atoms with Gasteiger partial charge in [-0.15, -0.1) is 11.3 Å². The number of thiazole rings is 1. The molecule has 23 heavy (non-hydrogen) atoms. The Morgan fingerprint density at radius 1 is 1.30 bits per heavy atom. The van der Waals surface area contributed by atoms with Crippen LogP contribution in [0.25, 0.3) is 11.3 Å². The first-order chi connectivity index (χ1) is 11.2. The average Bonchev–Trinajstić information content (AvgIpc) is 3.20. The van der Waals surface area contributed by atoms with Gasteiger partial charge >= 0.3 is 6.03 Å². The van der Waals surface area contributed by atoms with E-state index < -0.39 is 0 Å². The first-order valence-electron chi connectivity index (χ1n) is 8.01. The van der Waals surface area contributed by atoms with Gasteiger partial charge in [-0.25, -0.2) is 9.78 Å². The molecule has 0 unspecified atom stereocenters. The maximum Gasteiger partial charge on any atom is 0.321 e. The molecule has 0 atom stereocenters. The SMILES string of the molecule is CCOc1ccc(-c2csc(NC(=O)NC3CCCC3)n2)cc1. The van der Waals surface area contributed by atoms with Gasteiger partial charge in [-0.3, -0.25) is 5.32 Å². The van der Waals surface area contributed by atoms with E-state index in [2.05, 4.69) is 15.6 Å². The number of rotatable bonds is 5. The Morgan fingerprint density at radius 2 is 2.04 bits per heavy atom. The van der Waals surface area contributed by atoms with Crippen LogP contribution >= 0.6 is 11.3 Å². The number of nitrogens with one attached hydrogen (secondary N) is 2. The molecule has 1 aromatic carbocycles. The van der Waals surface area contributed by atoms with Crippen molar-refractivity contribution >= 4 is 22.5 Å². The topological polar surface area (TPSA) is 63.2 Å². The lowest BCUT2D eigenvalue weighted by Crippen LogP contribution is -2.36. The highest BCUT2D eigenvalue weighted by Gasteiger charge is 2.17. The van der Waals surface area contributed by atoms with Gasteiger partial charge in [0.15, 0.2) is 5.13 Å². The van der Waals surface area contributed by atoms with Gasteiger partial charge in [0.05, 0.1) is 12.3 Å². The van der Waals surface area contributed by atoms with Crippen molar-refractivity contribution in [2.24, 2.45) is 0 Å². The van der Waals surface area contributed by atoms with Crippen LogP contribution in [-0.2, 0) is 0 Å². The van der Waals surface area contributed by atoms with Crippen LogP contribution in [0.1, 0.15) is 32.6 Å². The highest BCUT2D eigenvalue weighted by molar-refractivity contribution is 7.14. The molecule has 0 spiro atoms. The Balaban J connectivity index is 1.59. The average molecular weight is 331 g/mol. The maximum atomic E-state index is 12.0. The molecule has 5 nitrogen and oxygen atoms in total. The van der Waals surface area contributed by atoms with Crippen molar-refractivity contribution < 1.29 is 9.53 Å². The van der Waals surface area contributed by atoms with Gasteiger partial charge in [-0.1, -0.05) is 12.8 Å². The predicted octanol–water partition coefficient (Wildman–Crippen LogP) is 4.27. The number of urea groups is 1. The minimum absolute atomic E-state index is 0.163. The summed E-state index contributed by atoms with van der Waals surface area (Å²) in [5.74, 6) is 0.848. The molecule has 1 aliphatic rings. The van der Waals surface area contributed by atoms with E-state index in [0.29, 0.717) is 17.8 Å². The van der Waals surface area contributed by atoms with Crippen LogP contribution in [0.3, 0.4) is 0 Å². The van der Waals surface area contributed by atoms with Crippen LogP contribution in [0.5, 0.6) is 5.75 Å². The molecule has 0 saturated heterocycles. The van der Waals surface area contributed by atoms with Crippen LogP contribution < -0.4 is 15.4 Å². The maximum absolute atomic E-state index is 12.0. The van der Waals surface area contributed by atoms with Gasteiger partial charge in [0.2, 0.25) is 0 Å². The van der Waals surface area contributed by atoms with Crippen molar-refractivity contribution in [3.63, 3.8) is 0 Å². The molecule has 2 amide bonds. The number of carbonyl (C=O) groups is 1. The summed E-state index contributed by atoms with van der Waals surface area (Å²) in [7, 11) is 0. The molecule has 2 aromatic rings. The summed E-state index contributed by atoms with van der Waals surface area (Å²) in [4.78, 5) is 16.4. The normalized spacial score (nSPS) is 14.7. The molecule has 1 aliphatic carbocycles. The van der Waals surface area contributed by atoms with E-state index in [9.17, 15) is 4.79 Å². The number of amides is 2. The molecule has 1 aromatic heterocycles. The lowest BCUT2D eigenvalue weighted by molar-refractivity contribution is 0.248. The van der Waals surface area contributed by atoms with Crippen molar-refractivity contribution in [1.82, 2.24) is 10.3 Å². The molecule has 122 valence electrons. The van der Waals surface area contributed by atoms with Crippen LogP contribution in [0.4, 0.5) is 9.93 Å². The van der Waals surface area contributed by atoms with Crippen LogP contribution in [0, 0.1) is 0 Å². The molecular weight excluding hydrogens is 310 g/mol. The zero-order chi connectivity index (χ0) is 16.1. The number of ether oxygens (including phenoxy) is 1. The number of hydrogen-bond donors (Lipinski definition) is 2. The predicted molar refractivity (Wildman–Crippen MR) is 93.1 cm³/mol. The number of anilines is 1. The molecular formula is C17H21N3O2S. The molecule has 3 rings (SSSR count). The van der Waals surface area contributed by atoms with Crippen LogP contribution in [-0.4, -0.2) is 23.7 Å². The number of nitrogens with zero attached hydrogens (tertiary/aromatic N) is 1. The van der Waals surface area contributed by atoms with Gasteiger partial charge in [0.1, 0.15) is 5.75 Å². The van der Waals surface area contributed by atoms with Gasteiger partial charge in [0.25, 0.3) is 0 Å². The largest absolute Gasteiger partial charge is 0.494 e.